The van der Waals surface area contributed by atoms with Crippen LogP contribution in [0.25, 0.3) is 22.0 Å². The van der Waals surface area contributed by atoms with Crippen molar-refractivity contribution in [2.24, 2.45) is 5.73 Å². The van der Waals surface area contributed by atoms with Crippen molar-refractivity contribution in [2.75, 3.05) is 24.6 Å². The van der Waals surface area contributed by atoms with Gasteiger partial charge in [0.05, 0.1) is 12.1 Å². The molecule has 1 amide bonds. The number of aromatic nitrogens is 1. The van der Waals surface area contributed by atoms with E-state index >= 15 is 0 Å². The second-order valence-electron chi connectivity index (χ2n) is 8.02. The highest BCUT2D eigenvalue weighted by Gasteiger charge is 2.34. The summed E-state index contributed by atoms with van der Waals surface area (Å²) in [5, 5.41) is 0.600. The molecule has 0 unspecified atom stereocenters. The maximum Gasteiger partial charge on any atom is 0.417 e. The molecule has 2 heterocycles. The van der Waals surface area contributed by atoms with Crippen LogP contribution in [0.1, 0.15) is 18.4 Å². The Balaban J connectivity index is 0.00000361. The molecule has 8 nitrogen and oxygen atoms in total. The number of rotatable bonds is 7. The van der Waals surface area contributed by atoms with Crippen LogP contribution in [0.2, 0.25) is 0 Å². The standard InChI is InChI=1S/C24H22F3N3O5.ClH/c25-24(26,27)19-5-2-1-4-17(19)20-10-14-7-8-15(11-18(14)22(32)29-20)30-12-16(35-23(30)33)13-34-21(31)6-3-9-28;/h1-2,4-5,7-8,10-11,16H,3,6,9,12-13,28H2,(H,29,32);1H/t16-;/m1./s1. The number of pyridine rings is 1. The highest BCUT2D eigenvalue weighted by molar-refractivity contribution is 5.94. The Kier molecular flexibility index (Phi) is 8.26. The molecule has 36 heavy (non-hydrogen) atoms. The van der Waals surface area contributed by atoms with Crippen molar-refractivity contribution in [1.29, 1.82) is 0 Å². The molecule has 0 radical (unpaired) electrons. The van der Waals surface area contributed by atoms with E-state index in [4.69, 9.17) is 15.2 Å². The number of cyclic esters (lactones) is 1. The van der Waals surface area contributed by atoms with Gasteiger partial charge in [-0.1, -0.05) is 24.3 Å². The van der Waals surface area contributed by atoms with Crippen molar-refractivity contribution < 1.29 is 32.2 Å². The lowest BCUT2D eigenvalue weighted by Crippen LogP contribution is -2.26. The number of halogens is 4. The molecule has 4 rings (SSSR count). The topological polar surface area (TPSA) is 115 Å². The summed E-state index contributed by atoms with van der Waals surface area (Å²) in [7, 11) is 0. The lowest BCUT2D eigenvalue weighted by molar-refractivity contribution is -0.146. The van der Waals surface area contributed by atoms with E-state index in [1.54, 1.807) is 12.1 Å². The normalized spacial score (nSPS) is 15.5. The number of amides is 1. The summed E-state index contributed by atoms with van der Waals surface area (Å²) in [6.45, 7) is 0.351. The first kappa shape index (κ1) is 27.0. The van der Waals surface area contributed by atoms with Crippen molar-refractivity contribution >= 4 is 40.9 Å². The molecule has 12 heteroatoms. The number of hydrogen-bond acceptors (Lipinski definition) is 6. The molecular weight excluding hydrogens is 503 g/mol. The van der Waals surface area contributed by atoms with Crippen molar-refractivity contribution in [2.45, 2.75) is 25.1 Å². The summed E-state index contributed by atoms with van der Waals surface area (Å²) in [6.07, 6.45) is -5.27. The number of esters is 1. The zero-order valence-electron chi connectivity index (χ0n) is 18.8. The maximum absolute atomic E-state index is 13.4. The Bertz CT molecular complexity index is 1330. The number of ether oxygens (including phenoxy) is 2. The van der Waals surface area contributed by atoms with Gasteiger partial charge in [0.1, 0.15) is 6.61 Å². The van der Waals surface area contributed by atoms with Crippen molar-refractivity contribution in [3.05, 3.63) is 64.4 Å². The number of aromatic amines is 1. The molecule has 1 aliphatic heterocycles. The molecule has 1 aromatic heterocycles. The molecule has 1 fully saturated rings. The highest BCUT2D eigenvalue weighted by Crippen LogP contribution is 2.36. The van der Waals surface area contributed by atoms with Gasteiger partial charge in [-0.15, -0.1) is 12.4 Å². The fourth-order valence-corrected chi connectivity index (χ4v) is 3.85. The molecule has 1 atom stereocenters. The zero-order chi connectivity index (χ0) is 25.2. The number of hydrogen-bond donors (Lipinski definition) is 2. The number of fused-ring (bicyclic) bond motifs is 1. The summed E-state index contributed by atoms with van der Waals surface area (Å²) in [6, 6.07) is 11.0. The molecule has 0 saturated carbocycles. The number of carbonyl (C=O) groups excluding carboxylic acids is 2. The zero-order valence-corrected chi connectivity index (χ0v) is 19.7. The fraction of sp³-hybridized carbons (Fsp3) is 0.292. The first-order valence-electron chi connectivity index (χ1n) is 10.8. The molecule has 192 valence electrons. The quantitative estimate of drug-likeness (QED) is 0.446. The number of benzene rings is 2. The van der Waals surface area contributed by atoms with Gasteiger partial charge < -0.3 is 20.2 Å². The molecule has 2 aromatic carbocycles. The van der Waals surface area contributed by atoms with Crippen LogP contribution in [-0.4, -0.2) is 42.8 Å². The molecule has 1 saturated heterocycles. The number of carbonyl (C=O) groups is 2. The lowest BCUT2D eigenvalue weighted by atomic mass is 10.0. The number of H-pyrrole nitrogens is 1. The van der Waals surface area contributed by atoms with E-state index in [1.807, 2.05) is 0 Å². The smallest absolute Gasteiger partial charge is 0.417 e. The Morgan fingerprint density at radius 2 is 1.92 bits per heavy atom. The van der Waals surface area contributed by atoms with E-state index in [0.717, 1.165) is 6.07 Å². The molecule has 0 bridgehead atoms. The van der Waals surface area contributed by atoms with Crippen LogP contribution < -0.4 is 16.2 Å². The van der Waals surface area contributed by atoms with E-state index < -0.39 is 35.5 Å². The summed E-state index contributed by atoms with van der Waals surface area (Å²) in [4.78, 5) is 40.6. The van der Waals surface area contributed by atoms with Crippen LogP contribution in [0.15, 0.2) is 53.3 Å². The van der Waals surface area contributed by atoms with Gasteiger partial charge >= 0.3 is 18.2 Å². The molecule has 1 aliphatic rings. The molecule has 0 aliphatic carbocycles. The SMILES string of the molecule is Cl.NCCCC(=O)OC[C@H]1CN(c2ccc3cc(-c4ccccc4C(F)(F)F)[nH]c(=O)c3c2)C(=O)O1. The molecule has 3 N–H and O–H groups in total. The van der Waals surface area contributed by atoms with Crippen LogP contribution in [0, 0.1) is 0 Å². The average molecular weight is 526 g/mol. The van der Waals surface area contributed by atoms with Crippen molar-refractivity contribution in [3.8, 4) is 11.3 Å². The van der Waals surface area contributed by atoms with Crippen LogP contribution in [0.4, 0.5) is 23.7 Å². The van der Waals surface area contributed by atoms with Gasteiger partial charge in [-0.3, -0.25) is 14.5 Å². The summed E-state index contributed by atoms with van der Waals surface area (Å²) in [5.74, 6) is -0.440. The largest absolute Gasteiger partial charge is 0.462 e. The van der Waals surface area contributed by atoms with E-state index in [-0.39, 0.29) is 48.6 Å². The van der Waals surface area contributed by atoms with Gasteiger partial charge in [0.25, 0.3) is 5.56 Å². The second-order valence-corrected chi connectivity index (χ2v) is 8.02. The van der Waals surface area contributed by atoms with Crippen LogP contribution >= 0.6 is 12.4 Å². The minimum absolute atomic E-state index is 0. The van der Waals surface area contributed by atoms with Gasteiger partial charge in [-0.25, -0.2) is 4.79 Å². The number of nitrogens with one attached hydrogen (secondary N) is 1. The van der Waals surface area contributed by atoms with E-state index in [2.05, 4.69) is 4.98 Å². The maximum atomic E-state index is 13.4. The third kappa shape index (κ3) is 5.80. The highest BCUT2D eigenvalue weighted by atomic mass is 35.5. The predicted molar refractivity (Wildman–Crippen MR) is 129 cm³/mol. The first-order valence-corrected chi connectivity index (χ1v) is 10.8. The lowest BCUT2D eigenvalue weighted by Gasteiger charge is -2.15. The third-order valence-corrected chi connectivity index (χ3v) is 5.55. The third-order valence-electron chi connectivity index (χ3n) is 5.55. The van der Waals surface area contributed by atoms with E-state index in [1.165, 1.54) is 35.2 Å². The van der Waals surface area contributed by atoms with E-state index in [9.17, 15) is 27.6 Å². The number of nitrogens with zero attached hydrogens (tertiary/aromatic N) is 1. The summed E-state index contributed by atoms with van der Waals surface area (Å²) >= 11 is 0. The number of alkyl halides is 3. The predicted octanol–water partition coefficient (Wildman–Crippen LogP) is 4.24. The van der Waals surface area contributed by atoms with Gasteiger partial charge in [0, 0.05) is 28.8 Å². The Hall–Kier alpha value is -3.57. The van der Waals surface area contributed by atoms with Crippen LogP contribution in [0.3, 0.4) is 0 Å². The fourth-order valence-electron chi connectivity index (χ4n) is 3.85. The first-order chi connectivity index (χ1) is 16.7. The van der Waals surface area contributed by atoms with Crippen molar-refractivity contribution in [1.82, 2.24) is 4.98 Å². The minimum Gasteiger partial charge on any atom is -0.462 e. The average Bonchev–Trinajstić information content (AvgIpc) is 3.21. The van der Waals surface area contributed by atoms with Crippen molar-refractivity contribution in [3.63, 3.8) is 0 Å². The minimum atomic E-state index is -4.59. The Morgan fingerprint density at radius 1 is 1.17 bits per heavy atom. The molecule has 3 aromatic rings. The summed E-state index contributed by atoms with van der Waals surface area (Å²) in [5.41, 5.74) is 4.15. The van der Waals surface area contributed by atoms with E-state index in [0.29, 0.717) is 24.0 Å². The van der Waals surface area contributed by atoms with Crippen LogP contribution in [-0.2, 0) is 20.4 Å². The molecule has 0 spiro atoms. The van der Waals surface area contributed by atoms with Crippen LogP contribution in [0.5, 0.6) is 0 Å². The molecular formula is C24H23ClF3N3O5. The van der Waals surface area contributed by atoms with Gasteiger partial charge in [0.2, 0.25) is 0 Å². The Labute approximate surface area is 209 Å². The van der Waals surface area contributed by atoms with Gasteiger partial charge in [0.15, 0.2) is 6.10 Å². The Morgan fingerprint density at radius 3 is 2.64 bits per heavy atom. The summed E-state index contributed by atoms with van der Waals surface area (Å²) < 4.78 is 50.6. The number of anilines is 1. The van der Waals surface area contributed by atoms with Gasteiger partial charge in [-0.2, -0.15) is 13.2 Å². The number of nitrogens with two attached hydrogens (primary N) is 1. The van der Waals surface area contributed by atoms with Gasteiger partial charge in [-0.05, 0) is 42.6 Å². The second kappa shape index (κ2) is 11.0. The monoisotopic (exact) mass is 525 g/mol.